The molecular weight excluding hydrogens is 99.0 g/mol. The fourth-order valence-corrected chi connectivity index (χ4v) is 0.0722. The number of hydrogen-bond acceptors (Lipinski definition) is 2. The van der Waals surface area contributed by atoms with Crippen molar-refractivity contribution in [3.63, 3.8) is 0 Å². The van der Waals surface area contributed by atoms with Crippen LogP contribution in [-0.4, -0.2) is 17.2 Å². The van der Waals surface area contributed by atoms with E-state index < -0.39 is 5.85 Å². The quantitative estimate of drug-likeness (QED) is 0.543. The molecule has 0 aliphatic heterocycles. The Morgan fingerprint density at radius 3 is 2.43 bits per heavy atom. The minimum Gasteiger partial charge on any atom is -0.356 e. The Kier molecular flexibility index (Phi) is 1.90. The molecule has 1 N–H and O–H groups in total. The molecule has 1 atom stereocenters. The molecule has 0 aliphatic rings. The molecule has 0 bridgehead atoms. The Hall–Kier alpha value is -0.440. The van der Waals surface area contributed by atoms with Crippen molar-refractivity contribution in [3.8, 4) is 0 Å². The number of aliphatic hydroxyl groups is 1. The van der Waals surface area contributed by atoms with E-state index in [0.717, 1.165) is 6.29 Å². The lowest BCUT2D eigenvalue weighted by molar-refractivity contribution is -0.0252. The van der Waals surface area contributed by atoms with Gasteiger partial charge in [-0.05, 0) is 0 Å². The summed E-state index contributed by atoms with van der Waals surface area (Å²) >= 11 is 0. The highest BCUT2D eigenvalue weighted by atomic mass is 19.2. The summed E-state index contributed by atoms with van der Waals surface area (Å²) < 4.78 is 11.7. The highest BCUT2D eigenvalue weighted by Crippen LogP contribution is 2.05. The van der Waals surface area contributed by atoms with Gasteiger partial charge in [0.25, 0.3) is 12.1 Å². The van der Waals surface area contributed by atoms with Gasteiger partial charge in [0.15, 0.2) is 0 Å². The third-order valence-corrected chi connectivity index (χ3v) is 0.625. The van der Waals surface area contributed by atoms with Crippen LogP contribution in [0.15, 0.2) is 0 Å². The predicted molar refractivity (Wildman–Crippen MR) is 22.0 cm³/mol. The van der Waals surface area contributed by atoms with E-state index in [0.29, 0.717) is 0 Å². The summed E-state index contributed by atoms with van der Waals surface area (Å²) in [6, 6.07) is 0. The smallest absolute Gasteiger partial charge is 0.273 e. The molecule has 0 aliphatic carbocycles. The summed E-state index contributed by atoms with van der Waals surface area (Å²) in [6.45, 7) is 1.35. The van der Waals surface area contributed by atoms with E-state index in [4.69, 9.17) is 5.11 Å². The lowest BCUT2D eigenvalue weighted by Crippen LogP contribution is -2.21. The molecule has 0 rings (SSSR count). The maximum atomic E-state index is 11.7. The second-order valence-electron chi connectivity index (χ2n) is 1.21. The second kappa shape index (κ2) is 2.02. The first kappa shape index (κ1) is 6.56. The summed E-state index contributed by atoms with van der Waals surface area (Å²) in [6.07, 6.45) is 0.590. The predicted octanol–water partition coefficient (Wildman–Crippen LogP) is 0.164. The molecule has 1 radical (unpaired) electrons. The van der Waals surface area contributed by atoms with Crippen molar-refractivity contribution in [2.75, 3.05) is 0 Å². The maximum absolute atomic E-state index is 11.7. The van der Waals surface area contributed by atoms with Crippen molar-refractivity contribution in [1.29, 1.82) is 0 Å². The molecule has 7 heavy (non-hydrogen) atoms. The van der Waals surface area contributed by atoms with Gasteiger partial charge in [0.1, 0.15) is 0 Å². The fourth-order valence-electron chi connectivity index (χ4n) is 0.0722. The van der Waals surface area contributed by atoms with E-state index in [1.54, 1.807) is 0 Å². The van der Waals surface area contributed by atoms with E-state index in [2.05, 4.69) is 0 Å². The molecule has 2 nitrogen and oxygen atoms in total. The monoisotopic (exact) mass is 105 g/mol. The average molecular weight is 105 g/mol. The van der Waals surface area contributed by atoms with Gasteiger partial charge in [-0.25, -0.2) is 4.39 Å². The first-order chi connectivity index (χ1) is 3.12. The molecule has 1 unspecified atom stereocenters. The van der Waals surface area contributed by atoms with Crippen molar-refractivity contribution in [2.24, 2.45) is 0 Å². The van der Waals surface area contributed by atoms with Crippen LogP contribution in [0.2, 0.25) is 0 Å². The SMILES string of the molecule is CCC(O)(F)[C]=O. The number of hydrogen-bond donors (Lipinski definition) is 1. The molecule has 0 aromatic heterocycles. The van der Waals surface area contributed by atoms with Crippen molar-refractivity contribution in [1.82, 2.24) is 0 Å². The third kappa shape index (κ3) is 2.28. The van der Waals surface area contributed by atoms with Gasteiger partial charge in [-0.15, -0.1) is 0 Å². The molecule has 0 spiro atoms. The molecule has 41 valence electrons. The molecule has 3 heteroatoms. The van der Waals surface area contributed by atoms with Crippen LogP contribution in [-0.2, 0) is 4.79 Å². The minimum atomic E-state index is -2.72. The Balaban J connectivity index is 3.58. The van der Waals surface area contributed by atoms with Crippen LogP contribution in [0.25, 0.3) is 0 Å². The largest absolute Gasteiger partial charge is 0.356 e. The van der Waals surface area contributed by atoms with Crippen molar-refractivity contribution in [2.45, 2.75) is 19.2 Å². The van der Waals surface area contributed by atoms with Gasteiger partial charge >= 0.3 is 0 Å². The van der Waals surface area contributed by atoms with Gasteiger partial charge in [-0.2, -0.15) is 0 Å². The number of carbonyl (C=O) groups excluding carboxylic acids is 1. The standard InChI is InChI=1S/C4H6FO2/c1-2-4(5,7)3-6/h7H,2H2,1H3. The zero-order valence-electron chi connectivity index (χ0n) is 3.94. The first-order valence-electron chi connectivity index (χ1n) is 1.93. The Bertz CT molecular complexity index is 70.1. The van der Waals surface area contributed by atoms with E-state index in [1.165, 1.54) is 6.92 Å². The van der Waals surface area contributed by atoms with E-state index in [1.807, 2.05) is 0 Å². The summed E-state index contributed by atoms with van der Waals surface area (Å²) in [4.78, 5) is 9.31. The van der Waals surface area contributed by atoms with Crippen LogP contribution in [0, 0.1) is 0 Å². The number of alkyl halides is 1. The van der Waals surface area contributed by atoms with Gasteiger partial charge in [0, 0.05) is 6.42 Å². The van der Waals surface area contributed by atoms with Gasteiger partial charge in [0.2, 0.25) is 0 Å². The van der Waals surface area contributed by atoms with Crippen molar-refractivity contribution in [3.05, 3.63) is 0 Å². The maximum Gasteiger partial charge on any atom is 0.273 e. The van der Waals surface area contributed by atoms with Crippen LogP contribution >= 0.6 is 0 Å². The molecule has 0 aromatic carbocycles. The van der Waals surface area contributed by atoms with Crippen molar-refractivity contribution >= 4 is 6.29 Å². The number of halogens is 1. The Labute approximate surface area is 41.0 Å². The van der Waals surface area contributed by atoms with Crippen LogP contribution < -0.4 is 0 Å². The van der Waals surface area contributed by atoms with E-state index in [9.17, 15) is 9.18 Å². The molecule has 0 fully saturated rings. The lowest BCUT2D eigenvalue weighted by Gasteiger charge is -2.02. The van der Waals surface area contributed by atoms with Crippen LogP contribution in [0.3, 0.4) is 0 Å². The Morgan fingerprint density at radius 2 is 2.43 bits per heavy atom. The van der Waals surface area contributed by atoms with Gasteiger partial charge < -0.3 is 5.11 Å². The van der Waals surface area contributed by atoms with Gasteiger partial charge in [0.05, 0.1) is 0 Å². The van der Waals surface area contributed by atoms with E-state index >= 15 is 0 Å². The van der Waals surface area contributed by atoms with Gasteiger partial charge in [-0.3, -0.25) is 4.79 Å². The Morgan fingerprint density at radius 1 is 2.00 bits per heavy atom. The second-order valence-corrected chi connectivity index (χ2v) is 1.21. The molecule has 0 saturated heterocycles. The molecule has 0 aromatic rings. The summed E-state index contributed by atoms with van der Waals surface area (Å²) in [5.74, 6) is -2.72. The first-order valence-corrected chi connectivity index (χ1v) is 1.93. The van der Waals surface area contributed by atoms with Crippen LogP contribution in [0.5, 0.6) is 0 Å². The zero-order valence-corrected chi connectivity index (χ0v) is 3.94. The van der Waals surface area contributed by atoms with E-state index in [-0.39, 0.29) is 6.42 Å². The highest BCUT2D eigenvalue weighted by molar-refractivity contribution is 5.59. The summed E-state index contributed by atoms with van der Waals surface area (Å²) in [5, 5.41) is 8.04. The number of rotatable bonds is 2. The summed E-state index contributed by atoms with van der Waals surface area (Å²) in [5.41, 5.74) is 0. The van der Waals surface area contributed by atoms with Crippen molar-refractivity contribution < 1.29 is 14.3 Å². The molecule has 0 saturated carbocycles. The molecule has 0 amide bonds. The summed E-state index contributed by atoms with van der Waals surface area (Å²) in [7, 11) is 0. The highest BCUT2D eigenvalue weighted by Gasteiger charge is 2.22. The van der Waals surface area contributed by atoms with Crippen LogP contribution in [0.4, 0.5) is 4.39 Å². The fraction of sp³-hybridized carbons (Fsp3) is 0.750. The normalized spacial score (nSPS) is 18.1. The van der Waals surface area contributed by atoms with Gasteiger partial charge in [-0.1, -0.05) is 6.92 Å². The van der Waals surface area contributed by atoms with Crippen LogP contribution in [0.1, 0.15) is 13.3 Å². The third-order valence-electron chi connectivity index (χ3n) is 0.625. The lowest BCUT2D eigenvalue weighted by atomic mass is 10.3. The zero-order chi connectivity index (χ0) is 5.91. The molecular formula is C4H6FO2. The molecule has 0 heterocycles. The topological polar surface area (TPSA) is 37.3 Å². The average Bonchev–Trinajstić information content (AvgIpc) is 1.68. The minimum absolute atomic E-state index is 0.240.